The highest BCUT2D eigenvalue weighted by Gasteiger charge is 2.05. The van der Waals surface area contributed by atoms with Gasteiger partial charge < -0.3 is 15.4 Å². The van der Waals surface area contributed by atoms with Crippen LogP contribution in [0.15, 0.2) is 42.5 Å². The molecule has 0 saturated carbocycles. The quantitative estimate of drug-likeness (QED) is 0.865. The fourth-order valence-electron chi connectivity index (χ4n) is 1.82. The molecule has 20 heavy (non-hydrogen) atoms. The lowest BCUT2D eigenvalue weighted by molar-refractivity contribution is 0.308. The van der Waals surface area contributed by atoms with Gasteiger partial charge in [-0.15, -0.1) is 0 Å². The number of rotatable bonds is 4. The molecule has 2 aromatic carbocycles. The van der Waals surface area contributed by atoms with E-state index in [9.17, 15) is 0 Å². The van der Waals surface area contributed by atoms with E-state index in [1.165, 1.54) is 0 Å². The molecule has 2 aromatic rings. The van der Waals surface area contributed by atoms with E-state index in [-0.39, 0.29) is 0 Å². The van der Waals surface area contributed by atoms with Crippen LogP contribution in [-0.2, 0) is 6.61 Å². The van der Waals surface area contributed by atoms with Gasteiger partial charge in [-0.3, -0.25) is 0 Å². The molecule has 2 rings (SSSR count). The van der Waals surface area contributed by atoms with Gasteiger partial charge >= 0.3 is 0 Å². The molecule has 0 atom stereocenters. The second kappa shape index (κ2) is 5.98. The van der Waals surface area contributed by atoms with Crippen molar-refractivity contribution >= 4 is 11.4 Å². The van der Waals surface area contributed by atoms with Crippen molar-refractivity contribution < 1.29 is 4.74 Å². The number of nitrogen functional groups attached to an aromatic ring is 1. The third-order valence-electron chi connectivity index (χ3n) is 2.96. The van der Waals surface area contributed by atoms with Gasteiger partial charge in [-0.05, 0) is 29.8 Å². The highest BCUT2D eigenvalue weighted by molar-refractivity contribution is 5.61. The molecule has 0 aromatic heterocycles. The Labute approximate surface area is 119 Å². The van der Waals surface area contributed by atoms with E-state index in [2.05, 4.69) is 6.07 Å². The van der Waals surface area contributed by atoms with Crippen molar-refractivity contribution in [3.8, 4) is 11.8 Å². The number of hydrogen-bond donors (Lipinski definition) is 1. The van der Waals surface area contributed by atoms with Gasteiger partial charge in [0.15, 0.2) is 0 Å². The zero-order valence-corrected chi connectivity index (χ0v) is 11.6. The first-order chi connectivity index (χ1) is 9.60. The van der Waals surface area contributed by atoms with Crippen LogP contribution in [0.25, 0.3) is 0 Å². The largest absolute Gasteiger partial charge is 0.487 e. The van der Waals surface area contributed by atoms with Crippen molar-refractivity contribution in [2.75, 3.05) is 24.7 Å². The van der Waals surface area contributed by atoms with Crippen LogP contribution in [0.2, 0.25) is 0 Å². The van der Waals surface area contributed by atoms with Crippen LogP contribution in [0.1, 0.15) is 11.1 Å². The van der Waals surface area contributed by atoms with Crippen LogP contribution in [0.4, 0.5) is 11.4 Å². The standard InChI is InChI=1S/C16H17N3O/c1-19(2)14-6-7-15(18)16(9-14)20-11-13-5-3-4-12(8-13)10-17/h3-9H,11,18H2,1-2H3. The van der Waals surface area contributed by atoms with E-state index >= 15 is 0 Å². The molecule has 0 spiro atoms. The summed E-state index contributed by atoms with van der Waals surface area (Å²) >= 11 is 0. The van der Waals surface area contributed by atoms with Crippen LogP contribution in [0.3, 0.4) is 0 Å². The summed E-state index contributed by atoms with van der Waals surface area (Å²) in [4.78, 5) is 1.99. The molecular formula is C16H17N3O. The lowest BCUT2D eigenvalue weighted by Crippen LogP contribution is -2.09. The van der Waals surface area contributed by atoms with E-state index < -0.39 is 0 Å². The third kappa shape index (κ3) is 3.21. The summed E-state index contributed by atoms with van der Waals surface area (Å²) in [5, 5.41) is 8.87. The molecule has 0 bridgehead atoms. The molecule has 0 unspecified atom stereocenters. The van der Waals surface area contributed by atoms with Crippen molar-refractivity contribution in [1.82, 2.24) is 0 Å². The Balaban J connectivity index is 2.14. The predicted octanol–water partition coefficient (Wildman–Crippen LogP) is 2.79. The maximum absolute atomic E-state index is 8.87. The molecule has 0 heterocycles. The lowest BCUT2D eigenvalue weighted by atomic mass is 10.1. The molecule has 2 N–H and O–H groups in total. The first-order valence-electron chi connectivity index (χ1n) is 6.29. The Kier molecular flexibility index (Phi) is 4.11. The summed E-state index contributed by atoms with van der Waals surface area (Å²) in [6.07, 6.45) is 0. The Morgan fingerprint density at radius 2 is 2.00 bits per heavy atom. The Hall–Kier alpha value is -2.67. The van der Waals surface area contributed by atoms with Crippen molar-refractivity contribution in [2.24, 2.45) is 0 Å². The minimum Gasteiger partial charge on any atom is -0.487 e. The highest BCUT2D eigenvalue weighted by Crippen LogP contribution is 2.27. The van der Waals surface area contributed by atoms with Crippen molar-refractivity contribution in [1.29, 1.82) is 5.26 Å². The predicted molar refractivity (Wildman–Crippen MR) is 80.7 cm³/mol. The molecule has 0 amide bonds. The first kappa shape index (κ1) is 13.8. The number of anilines is 2. The third-order valence-corrected chi connectivity index (χ3v) is 2.96. The fourth-order valence-corrected chi connectivity index (χ4v) is 1.82. The molecule has 0 fully saturated rings. The molecule has 0 aliphatic carbocycles. The second-order valence-electron chi connectivity index (χ2n) is 4.72. The average molecular weight is 267 g/mol. The summed E-state index contributed by atoms with van der Waals surface area (Å²) in [5.41, 5.74) is 9.11. The number of nitrogens with zero attached hydrogens (tertiary/aromatic N) is 2. The summed E-state index contributed by atoms with van der Waals surface area (Å²) in [6.45, 7) is 0.386. The second-order valence-corrected chi connectivity index (χ2v) is 4.72. The monoisotopic (exact) mass is 267 g/mol. The van der Waals surface area contributed by atoms with Crippen LogP contribution < -0.4 is 15.4 Å². The molecule has 102 valence electrons. The number of ether oxygens (including phenoxy) is 1. The summed E-state index contributed by atoms with van der Waals surface area (Å²) in [6, 6.07) is 15.1. The van der Waals surface area contributed by atoms with Gasteiger partial charge in [-0.1, -0.05) is 12.1 Å². The van der Waals surface area contributed by atoms with E-state index in [4.69, 9.17) is 15.7 Å². The number of hydrogen-bond acceptors (Lipinski definition) is 4. The van der Waals surface area contributed by atoms with Crippen molar-refractivity contribution in [3.63, 3.8) is 0 Å². The number of nitriles is 1. The minimum absolute atomic E-state index is 0.386. The Morgan fingerprint density at radius 1 is 1.20 bits per heavy atom. The van der Waals surface area contributed by atoms with Gasteiger partial charge in [0.1, 0.15) is 12.4 Å². The smallest absolute Gasteiger partial charge is 0.144 e. The molecule has 0 aliphatic heterocycles. The van der Waals surface area contributed by atoms with E-state index in [1.54, 1.807) is 6.07 Å². The Morgan fingerprint density at radius 3 is 2.70 bits per heavy atom. The van der Waals surface area contributed by atoms with Gasteiger partial charge in [0.05, 0.1) is 17.3 Å². The fraction of sp³-hybridized carbons (Fsp3) is 0.188. The number of nitrogens with two attached hydrogens (primary N) is 1. The van der Waals surface area contributed by atoms with E-state index in [0.717, 1.165) is 11.3 Å². The van der Waals surface area contributed by atoms with E-state index in [0.29, 0.717) is 23.6 Å². The number of benzene rings is 2. The molecule has 0 radical (unpaired) electrons. The van der Waals surface area contributed by atoms with Gasteiger partial charge in [0.2, 0.25) is 0 Å². The SMILES string of the molecule is CN(C)c1ccc(N)c(OCc2cccc(C#N)c2)c1. The van der Waals surface area contributed by atoms with Crippen LogP contribution in [-0.4, -0.2) is 14.1 Å². The normalized spacial score (nSPS) is 9.85. The van der Waals surface area contributed by atoms with Gasteiger partial charge in [-0.25, -0.2) is 0 Å². The van der Waals surface area contributed by atoms with Crippen molar-refractivity contribution in [2.45, 2.75) is 6.61 Å². The van der Waals surface area contributed by atoms with Crippen LogP contribution in [0.5, 0.6) is 5.75 Å². The molecule has 0 saturated heterocycles. The summed E-state index contributed by atoms with van der Waals surface area (Å²) in [7, 11) is 3.93. The summed E-state index contributed by atoms with van der Waals surface area (Å²) < 4.78 is 5.75. The summed E-state index contributed by atoms with van der Waals surface area (Å²) in [5.74, 6) is 0.651. The maximum Gasteiger partial charge on any atom is 0.144 e. The van der Waals surface area contributed by atoms with Crippen molar-refractivity contribution in [3.05, 3.63) is 53.6 Å². The maximum atomic E-state index is 8.87. The molecule has 4 nitrogen and oxygen atoms in total. The average Bonchev–Trinajstić information content (AvgIpc) is 2.46. The highest BCUT2D eigenvalue weighted by atomic mass is 16.5. The molecule has 4 heteroatoms. The molecule has 0 aliphatic rings. The minimum atomic E-state index is 0.386. The van der Waals surface area contributed by atoms with Gasteiger partial charge in [0, 0.05) is 25.8 Å². The van der Waals surface area contributed by atoms with E-state index in [1.807, 2.05) is 55.4 Å². The van der Waals surface area contributed by atoms with Crippen LogP contribution in [0, 0.1) is 11.3 Å². The zero-order chi connectivity index (χ0) is 14.5. The zero-order valence-electron chi connectivity index (χ0n) is 11.6. The van der Waals surface area contributed by atoms with Gasteiger partial charge in [0.25, 0.3) is 0 Å². The lowest BCUT2D eigenvalue weighted by Gasteiger charge is -2.15. The topological polar surface area (TPSA) is 62.3 Å². The first-order valence-corrected chi connectivity index (χ1v) is 6.29. The molecular weight excluding hydrogens is 250 g/mol. The van der Waals surface area contributed by atoms with Gasteiger partial charge in [-0.2, -0.15) is 5.26 Å². The Bertz CT molecular complexity index is 644. The van der Waals surface area contributed by atoms with Crippen LogP contribution >= 0.6 is 0 Å².